The monoisotopic (exact) mass is 263 g/mol. The van der Waals surface area contributed by atoms with Gasteiger partial charge in [-0.2, -0.15) is 0 Å². The third-order valence-corrected chi connectivity index (χ3v) is 2.67. The number of para-hydroxylation sites is 1. The molecule has 1 saturated heterocycles. The molecule has 1 aromatic carbocycles. The summed E-state index contributed by atoms with van der Waals surface area (Å²) in [5.74, 6) is -0.395. The molecule has 7 heteroatoms. The number of ether oxygens (including phenoxy) is 1. The second kappa shape index (κ2) is 5.38. The molecule has 19 heavy (non-hydrogen) atoms. The van der Waals surface area contributed by atoms with E-state index in [2.05, 4.69) is 16.0 Å². The minimum Gasteiger partial charge on any atom is -0.484 e. The van der Waals surface area contributed by atoms with Crippen LogP contribution in [0, 0.1) is 0 Å². The van der Waals surface area contributed by atoms with Crippen LogP contribution in [0.15, 0.2) is 30.3 Å². The Morgan fingerprint density at radius 1 is 1.42 bits per heavy atom. The van der Waals surface area contributed by atoms with Gasteiger partial charge in [0.1, 0.15) is 5.75 Å². The molecule has 100 valence electrons. The van der Waals surface area contributed by atoms with Crippen molar-refractivity contribution in [2.75, 3.05) is 13.2 Å². The molecule has 7 nitrogen and oxygen atoms in total. The quantitative estimate of drug-likeness (QED) is 0.339. The second-order valence-corrected chi connectivity index (χ2v) is 4.00. The van der Waals surface area contributed by atoms with E-state index in [0.717, 1.165) is 0 Å². The summed E-state index contributed by atoms with van der Waals surface area (Å²) in [6, 6.07) is 8.81. The summed E-state index contributed by atoms with van der Waals surface area (Å²) < 4.78 is 5.24. The standard InChI is InChI=1S/C12H13N3O4/c16-8-14-12(7-13-11(12)18)15-10(17)6-19-9-4-2-1-3-5-9/h1-5,8H,6-7H2,(H,13,18)(H,14,16)(H,15,17). The van der Waals surface area contributed by atoms with E-state index in [-0.39, 0.29) is 13.2 Å². The van der Waals surface area contributed by atoms with Crippen LogP contribution in [0.1, 0.15) is 0 Å². The Morgan fingerprint density at radius 3 is 2.68 bits per heavy atom. The van der Waals surface area contributed by atoms with Gasteiger partial charge in [0.05, 0.1) is 6.54 Å². The third kappa shape index (κ3) is 2.82. The topological polar surface area (TPSA) is 96.5 Å². The highest BCUT2D eigenvalue weighted by Gasteiger charge is 2.47. The number of carbonyl (C=O) groups excluding carboxylic acids is 3. The van der Waals surface area contributed by atoms with E-state index in [1.54, 1.807) is 24.3 Å². The van der Waals surface area contributed by atoms with Crippen molar-refractivity contribution in [3.8, 4) is 5.75 Å². The molecule has 1 atom stereocenters. The summed E-state index contributed by atoms with van der Waals surface area (Å²) in [5.41, 5.74) is -1.35. The molecule has 3 N–H and O–H groups in total. The maximum absolute atomic E-state index is 11.7. The molecule has 0 bridgehead atoms. The average Bonchev–Trinajstić information content (AvgIpc) is 2.44. The summed E-state index contributed by atoms with van der Waals surface area (Å²) in [6.45, 7) is -0.0821. The number of carbonyl (C=O) groups is 3. The molecular formula is C12H13N3O4. The normalized spacial score (nSPS) is 20.7. The van der Waals surface area contributed by atoms with Crippen LogP contribution in [0.4, 0.5) is 0 Å². The highest BCUT2D eigenvalue weighted by atomic mass is 16.5. The SMILES string of the molecule is O=CNC1(NC(=O)COc2ccccc2)CNC1=O. The number of hydrogen-bond donors (Lipinski definition) is 3. The van der Waals surface area contributed by atoms with Gasteiger partial charge in [-0.3, -0.25) is 14.4 Å². The highest BCUT2D eigenvalue weighted by Crippen LogP contribution is 2.10. The zero-order valence-electron chi connectivity index (χ0n) is 10.0. The van der Waals surface area contributed by atoms with Crippen molar-refractivity contribution >= 4 is 18.2 Å². The van der Waals surface area contributed by atoms with Gasteiger partial charge >= 0.3 is 0 Å². The molecule has 1 aliphatic heterocycles. The molecule has 0 aliphatic carbocycles. The first kappa shape index (κ1) is 12.9. The van der Waals surface area contributed by atoms with Crippen LogP contribution < -0.4 is 20.7 Å². The average molecular weight is 263 g/mol. The molecule has 1 aliphatic rings. The van der Waals surface area contributed by atoms with Gasteiger partial charge in [0.15, 0.2) is 6.61 Å². The third-order valence-electron chi connectivity index (χ3n) is 2.67. The van der Waals surface area contributed by atoms with Crippen LogP contribution in [0.2, 0.25) is 0 Å². The van der Waals surface area contributed by atoms with Gasteiger partial charge in [0.2, 0.25) is 12.1 Å². The van der Waals surface area contributed by atoms with Crippen molar-refractivity contribution in [2.45, 2.75) is 5.66 Å². The van der Waals surface area contributed by atoms with Gasteiger partial charge in [-0.25, -0.2) is 0 Å². The van der Waals surface area contributed by atoms with Gasteiger partial charge in [-0.1, -0.05) is 18.2 Å². The lowest BCUT2D eigenvalue weighted by molar-refractivity contribution is -0.144. The number of β-lactam (4-membered cyclic amide) rings is 1. The summed E-state index contributed by atoms with van der Waals surface area (Å²) in [6.07, 6.45) is 0.372. The van der Waals surface area contributed by atoms with E-state index in [1.165, 1.54) is 0 Å². The highest BCUT2D eigenvalue weighted by molar-refractivity contribution is 5.97. The molecule has 0 spiro atoms. The minimum absolute atomic E-state index is 0.154. The zero-order valence-corrected chi connectivity index (χ0v) is 10.0. The van der Waals surface area contributed by atoms with Crippen LogP contribution in [0.25, 0.3) is 0 Å². The Bertz CT molecular complexity index is 491. The first-order chi connectivity index (χ1) is 9.16. The van der Waals surface area contributed by atoms with Crippen LogP contribution >= 0.6 is 0 Å². The lowest BCUT2D eigenvalue weighted by Gasteiger charge is -2.40. The van der Waals surface area contributed by atoms with Gasteiger partial charge in [0.25, 0.3) is 11.8 Å². The maximum Gasteiger partial charge on any atom is 0.268 e. The molecule has 0 saturated carbocycles. The predicted octanol–water partition coefficient (Wildman–Crippen LogP) is -1.25. The van der Waals surface area contributed by atoms with Crippen molar-refractivity contribution in [2.24, 2.45) is 0 Å². The fraction of sp³-hybridized carbons (Fsp3) is 0.250. The van der Waals surface area contributed by atoms with Crippen LogP contribution in [-0.2, 0) is 14.4 Å². The lowest BCUT2D eigenvalue weighted by atomic mass is 10.0. The first-order valence-corrected chi connectivity index (χ1v) is 5.65. The number of rotatable bonds is 6. The summed E-state index contributed by atoms with van der Waals surface area (Å²) in [4.78, 5) is 33.5. The van der Waals surface area contributed by atoms with Crippen LogP contribution in [-0.4, -0.2) is 37.0 Å². The second-order valence-electron chi connectivity index (χ2n) is 4.00. The van der Waals surface area contributed by atoms with Gasteiger partial charge in [-0.05, 0) is 12.1 Å². The van der Waals surface area contributed by atoms with E-state index in [1.807, 2.05) is 6.07 Å². The Hall–Kier alpha value is -2.57. The number of benzene rings is 1. The van der Waals surface area contributed by atoms with Gasteiger partial charge in [-0.15, -0.1) is 0 Å². The first-order valence-electron chi connectivity index (χ1n) is 5.65. The van der Waals surface area contributed by atoms with Crippen molar-refractivity contribution < 1.29 is 19.1 Å². The molecule has 0 aromatic heterocycles. The Balaban J connectivity index is 1.87. The summed E-state index contributed by atoms with van der Waals surface area (Å²) in [7, 11) is 0. The molecular weight excluding hydrogens is 250 g/mol. The van der Waals surface area contributed by atoms with Gasteiger partial charge < -0.3 is 20.7 Å². The summed E-state index contributed by atoms with van der Waals surface area (Å²) >= 11 is 0. The van der Waals surface area contributed by atoms with E-state index in [9.17, 15) is 14.4 Å². The maximum atomic E-state index is 11.7. The molecule has 1 heterocycles. The van der Waals surface area contributed by atoms with E-state index < -0.39 is 17.5 Å². The van der Waals surface area contributed by atoms with Crippen LogP contribution in [0.5, 0.6) is 5.75 Å². The Kier molecular flexibility index (Phi) is 3.65. The van der Waals surface area contributed by atoms with Crippen LogP contribution in [0.3, 0.4) is 0 Å². The number of amides is 3. The lowest BCUT2D eigenvalue weighted by Crippen LogP contribution is -2.79. The molecule has 1 aromatic rings. The number of hydrogen-bond acceptors (Lipinski definition) is 4. The fourth-order valence-electron chi connectivity index (χ4n) is 1.63. The fourth-order valence-corrected chi connectivity index (χ4v) is 1.63. The predicted molar refractivity (Wildman–Crippen MR) is 65.0 cm³/mol. The van der Waals surface area contributed by atoms with Crippen molar-refractivity contribution in [1.29, 1.82) is 0 Å². The minimum atomic E-state index is -1.35. The van der Waals surface area contributed by atoms with Crippen molar-refractivity contribution in [3.63, 3.8) is 0 Å². The molecule has 3 amide bonds. The van der Waals surface area contributed by atoms with E-state index in [0.29, 0.717) is 12.2 Å². The molecule has 1 fully saturated rings. The van der Waals surface area contributed by atoms with Gasteiger partial charge in [0, 0.05) is 0 Å². The largest absolute Gasteiger partial charge is 0.484 e. The van der Waals surface area contributed by atoms with Crippen molar-refractivity contribution in [1.82, 2.24) is 16.0 Å². The smallest absolute Gasteiger partial charge is 0.268 e. The Labute approximate surface area is 109 Å². The number of nitrogens with one attached hydrogen (secondary N) is 3. The molecule has 2 rings (SSSR count). The van der Waals surface area contributed by atoms with E-state index in [4.69, 9.17) is 4.74 Å². The van der Waals surface area contributed by atoms with Crippen molar-refractivity contribution in [3.05, 3.63) is 30.3 Å². The summed E-state index contributed by atoms with van der Waals surface area (Å²) in [5, 5.41) is 7.17. The molecule has 0 radical (unpaired) electrons. The van der Waals surface area contributed by atoms with E-state index >= 15 is 0 Å². The zero-order chi connectivity index (χ0) is 13.7. The molecule has 1 unspecified atom stereocenters. The Morgan fingerprint density at radius 2 is 2.16 bits per heavy atom.